The lowest BCUT2D eigenvalue weighted by atomic mass is 9.98. The summed E-state index contributed by atoms with van der Waals surface area (Å²) < 4.78 is 40.1. The molecule has 36 heavy (non-hydrogen) atoms. The minimum Gasteiger partial charge on any atom is -0.492 e. The second-order valence-electron chi connectivity index (χ2n) is 8.81. The number of piperidine rings is 1. The fourth-order valence-electron chi connectivity index (χ4n) is 3.81. The lowest BCUT2D eigenvalue weighted by Gasteiger charge is -2.28. The van der Waals surface area contributed by atoms with E-state index in [2.05, 4.69) is 26.6 Å². The van der Waals surface area contributed by atoms with Crippen LogP contribution in [0.4, 0.5) is 5.82 Å². The van der Waals surface area contributed by atoms with Gasteiger partial charge in [-0.15, -0.1) is 0 Å². The third kappa shape index (κ3) is 6.79. The van der Waals surface area contributed by atoms with E-state index in [4.69, 9.17) is 32.7 Å². The largest absolute Gasteiger partial charge is 0.492 e. The third-order valence-electron chi connectivity index (χ3n) is 5.90. The molecule has 3 aromatic rings. The summed E-state index contributed by atoms with van der Waals surface area (Å²) in [5.74, 6) is 1.10. The molecule has 1 aliphatic rings. The van der Waals surface area contributed by atoms with Crippen LogP contribution in [0.15, 0.2) is 53.6 Å². The number of halogens is 2. The first kappa shape index (κ1) is 26.5. The topological polar surface area (TPSA) is 93.7 Å². The lowest BCUT2D eigenvalue weighted by molar-refractivity contribution is 0.160. The molecule has 0 atom stereocenters. The zero-order valence-corrected chi connectivity index (χ0v) is 22.4. The van der Waals surface area contributed by atoms with Crippen LogP contribution in [0.2, 0.25) is 10.0 Å². The van der Waals surface area contributed by atoms with Gasteiger partial charge in [-0.05, 0) is 75.6 Å². The predicted octanol–water partition coefficient (Wildman–Crippen LogP) is 5.19. The van der Waals surface area contributed by atoms with Crippen LogP contribution in [0.1, 0.15) is 24.1 Å². The minimum atomic E-state index is -4.00. The van der Waals surface area contributed by atoms with Gasteiger partial charge in [-0.3, -0.25) is 4.72 Å². The number of ether oxygens (including phenoxy) is 2. The Hall–Kier alpha value is -2.59. The van der Waals surface area contributed by atoms with Gasteiger partial charge in [0.15, 0.2) is 0 Å². The zero-order valence-electron chi connectivity index (χ0n) is 20.1. The normalized spacial score (nSPS) is 15.0. The molecular weight excluding hydrogens is 523 g/mol. The maximum absolute atomic E-state index is 12.9. The van der Waals surface area contributed by atoms with Crippen molar-refractivity contribution in [1.29, 1.82) is 0 Å². The van der Waals surface area contributed by atoms with Gasteiger partial charge in [-0.1, -0.05) is 41.4 Å². The van der Waals surface area contributed by atoms with Gasteiger partial charge < -0.3 is 14.4 Å². The zero-order chi connectivity index (χ0) is 25.7. The van der Waals surface area contributed by atoms with E-state index in [0.29, 0.717) is 29.0 Å². The molecule has 2 aromatic carbocycles. The smallest absolute Gasteiger partial charge is 0.264 e. The number of likely N-dealkylation sites (tertiary alicyclic amines) is 1. The number of benzene rings is 2. The summed E-state index contributed by atoms with van der Waals surface area (Å²) in [6.07, 6.45) is 3.64. The van der Waals surface area contributed by atoms with Crippen molar-refractivity contribution < 1.29 is 17.9 Å². The Balaban J connectivity index is 1.45. The summed E-state index contributed by atoms with van der Waals surface area (Å²) in [5.41, 5.74) is 1.37. The van der Waals surface area contributed by atoms with E-state index in [1.54, 1.807) is 25.1 Å². The molecule has 1 aromatic heterocycles. The van der Waals surface area contributed by atoms with Crippen molar-refractivity contribution in [3.63, 3.8) is 0 Å². The van der Waals surface area contributed by atoms with Gasteiger partial charge in [-0.25, -0.2) is 18.4 Å². The highest BCUT2D eigenvalue weighted by molar-refractivity contribution is 7.92. The Labute approximate surface area is 221 Å². The molecule has 0 amide bonds. The number of aromatic nitrogens is 2. The van der Waals surface area contributed by atoms with Gasteiger partial charge >= 0.3 is 0 Å². The molecule has 0 saturated carbocycles. The van der Waals surface area contributed by atoms with E-state index < -0.39 is 10.0 Å². The Bertz CT molecular complexity index is 1320. The molecule has 4 rings (SSSR count). The molecule has 0 radical (unpaired) electrons. The van der Waals surface area contributed by atoms with Crippen molar-refractivity contribution in [3.8, 4) is 11.6 Å². The van der Waals surface area contributed by atoms with Crippen LogP contribution >= 0.6 is 23.2 Å². The highest BCUT2D eigenvalue weighted by atomic mass is 35.5. The van der Waals surface area contributed by atoms with Gasteiger partial charge in [0.25, 0.3) is 15.9 Å². The second kappa shape index (κ2) is 11.6. The highest BCUT2D eigenvalue weighted by Gasteiger charge is 2.22. The number of sulfonamides is 1. The molecule has 1 aliphatic heterocycles. The van der Waals surface area contributed by atoms with Crippen LogP contribution in [0.25, 0.3) is 0 Å². The molecule has 1 saturated heterocycles. The molecule has 0 bridgehead atoms. The van der Waals surface area contributed by atoms with Crippen LogP contribution in [-0.4, -0.2) is 50.0 Å². The maximum atomic E-state index is 12.9. The molecule has 0 aliphatic carbocycles. The molecule has 1 fully saturated rings. The standard InChI is InChI=1S/C25H28Cl2N4O4S/c1-17-14-28-24(30-36(32,33)23-6-4-3-5-21(23)27)25(29-17)35-16-19-7-8-20(26)22(13-19)34-15-18-9-11-31(2)12-10-18/h3-8,13-14,18H,9-12,15-16H2,1-2H3,(H,28,30). The van der Waals surface area contributed by atoms with E-state index in [-0.39, 0.29) is 28.2 Å². The van der Waals surface area contributed by atoms with Crippen molar-refractivity contribution in [3.05, 3.63) is 70.0 Å². The van der Waals surface area contributed by atoms with E-state index >= 15 is 0 Å². The van der Waals surface area contributed by atoms with Gasteiger partial charge in [0.1, 0.15) is 17.3 Å². The first-order valence-electron chi connectivity index (χ1n) is 11.5. The third-order valence-corrected chi connectivity index (χ3v) is 8.05. The van der Waals surface area contributed by atoms with Gasteiger partial charge in [0.2, 0.25) is 5.82 Å². The Morgan fingerprint density at radius 3 is 2.58 bits per heavy atom. The average molecular weight is 551 g/mol. The van der Waals surface area contributed by atoms with Crippen LogP contribution in [0.3, 0.4) is 0 Å². The van der Waals surface area contributed by atoms with Crippen molar-refractivity contribution >= 4 is 39.0 Å². The van der Waals surface area contributed by atoms with E-state index in [1.165, 1.54) is 18.3 Å². The lowest BCUT2D eigenvalue weighted by Crippen LogP contribution is -2.32. The number of anilines is 1. The summed E-state index contributed by atoms with van der Waals surface area (Å²) in [6, 6.07) is 11.6. The van der Waals surface area contributed by atoms with Gasteiger partial charge in [-0.2, -0.15) is 0 Å². The first-order valence-corrected chi connectivity index (χ1v) is 13.8. The van der Waals surface area contributed by atoms with Crippen molar-refractivity contribution in [2.45, 2.75) is 31.3 Å². The fraction of sp³-hybridized carbons (Fsp3) is 0.360. The molecule has 8 nitrogen and oxygen atoms in total. The summed E-state index contributed by atoms with van der Waals surface area (Å²) >= 11 is 12.4. The summed E-state index contributed by atoms with van der Waals surface area (Å²) in [5, 5.41) is 0.622. The van der Waals surface area contributed by atoms with Crippen molar-refractivity contribution in [2.75, 3.05) is 31.5 Å². The first-order chi connectivity index (χ1) is 17.2. The Morgan fingerprint density at radius 1 is 1.08 bits per heavy atom. The molecular formula is C25H28Cl2N4O4S. The van der Waals surface area contributed by atoms with Crippen molar-refractivity contribution in [1.82, 2.24) is 14.9 Å². The highest BCUT2D eigenvalue weighted by Crippen LogP contribution is 2.30. The number of hydrogen-bond acceptors (Lipinski definition) is 7. The molecule has 11 heteroatoms. The number of aryl methyl sites for hydroxylation is 1. The SMILES string of the molecule is Cc1cnc(NS(=O)(=O)c2ccccc2Cl)c(OCc2ccc(Cl)c(OCC3CCN(C)CC3)c2)n1. The fourth-order valence-corrected chi connectivity index (χ4v) is 5.51. The molecule has 2 heterocycles. The van der Waals surface area contributed by atoms with Gasteiger partial charge in [0.05, 0.1) is 28.5 Å². The number of nitrogens with zero attached hydrogens (tertiary/aromatic N) is 3. The average Bonchev–Trinajstić information content (AvgIpc) is 2.85. The predicted molar refractivity (Wildman–Crippen MR) is 141 cm³/mol. The van der Waals surface area contributed by atoms with Crippen LogP contribution in [-0.2, 0) is 16.6 Å². The number of nitrogens with one attached hydrogen (secondary N) is 1. The number of hydrogen-bond donors (Lipinski definition) is 1. The Morgan fingerprint density at radius 2 is 1.83 bits per heavy atom. The maximum Gasteiger partial charge on any atom is 0.264 e. The molecule has 1 N–H and O–H groups in total. The van der Waals surface area contributed by atoms with E-state index in [1.807, 2.05) is 12.1 Å². The second-order valence-corrected chi connectivity index (χ2v) is 11.3. The summed E-state index contributed by atoms with van der Waals surface area (Å²) in [4.78, 5) is 10.8. The summed E-state index contributed by atoms with van der Waals surface area (Å²) in [7, 11) is -1.87. The number of rotatable bonds is 9. The molecule has 0 unspecified atom stereocenters. The molecule has 192 valence electrons. The monoisotopic (exact) mass is 550 g/mol. The summed E-state index contributed by atoms with van der Waals surface area (Å²) in [6.45, 7) is 4.59. The quantitative estimate of drug-likeness (QED) is 0.391. The van der Waals surface area contributed by atoms with Crippen LogP contribution in [0, 0.1) is 12.8 Å². The van der Waals surface area contributed by atoms with Crippen LogP contribution < -0.4 is 14.2 Å². The Kier molecular flexibility index (Phi) is 8.56. The van der Waals surface area contributed by atoms with E-state index in [9.17, 15) is 8.42 Å². The van der Waals surface area contributed by atoms with E-state index in [0.717, 1.165) is 31.5 Å². The van der Waals surface area contributed by atoms with Crippen LogP contribution in [0.5, 0.6) is 11.6 Å². The minimum absolute atomic E-state index is 0.0341. The van der Waals surface area contributed by atoms with Gasteiger partial charge in [0, 0.05) is 0 Å². The molecule has 0 spiro atoms. The van der Waals surface area contributed by atoms with Crippen molar-refractivity contribution in [2.24, 2.45) is 5.92 Å².